The molecule has 0 aliphatic carbocycles. The van der Waals surface area contributed by atoms with Crippen LogP contribution in [0.2, 0.25) is 10.0 Å². The number of nitrogens with zero attached hydrogens (tertiary/aromatic N) is 1. The van der Waals surface area contributed by atoms with E-state index < -0.39 is 47.5 Å². The number of hydrogen-bond acceptors (Lipinski definition) is 3. The Labute approximate surface area is 186 Å². The molecule has 1 atom stereocenters. The molecule has 2 aromatic rings. The Morgan fingerprint density at radius 3 is 2.48 bits per heavy atom. The van der Waals surface area contributed by atoms with E-state index in [1.54, 1.807) is 18.2 Å². The number of halogens is 5. The summed E-state index contributed by atoms with van der Waals surface area (Å²) < 4.78 is 39.8. The summed E-state index contributed by atoms with van der Waals surface area (Å²) in [6, 6.07) is 9.61. The van der Waals surface area contributed by atoms with Gasteiger partial charge in [0, 0.05) is 13.1 Å². The van der Waals surface area contributed by atoms with Crippen LogP contribution in [0.1, 0.15) is 17.5 Å². The van der Waals surface area contributed by atoms with E-state index in [0.717, 1.165) is 17.7 Å². The first-order valence-electron chi connectivity index (χ1n) is 9.33. The van der Waals surface area contributed by atoms with E-state index in [2.05, 4.69) is 5.32 Å². The summed E-state index contributed by atoms with van der Waals surface area (Å²) in [6.45, 7) is -0.223. The maximum Gasteiger partial charge on any atom is 0.418 e. The van der Waals surface area contributed by atoms with Crippen LogP contribution in [-0.2, 0) is 27.0 Å². The van der Waals surface area contributed by atoms with Crippen molar-refractivity contribution in [3.05, 3.63) is 63.6 Å². The first kappa shape index (κ1) is 23.1. The molecule has 1 fully saturated rings. The zero-order valence-corrected chi connectivity index (χ0v) is 17.5. The van der Waals surface area contributed by atoms with E-state index in [-0.39, 0.29) is 6.54 Å². The standard InChI is InChI=1S/C21H17Cl2F3N2O3/c22-15-8-7-12(10-16(15)23)4-3-9-27-19(30)13-11-28(20(31)18(13)29)17-6-2-1-5-14(17)21(24,25)26/h1-2,5-8,10,13H,3-4,9,11H2,(H,27,30). The number of hydrogen-bond donors (Lipinski definition) is 1. The van der Waals surface area contributed by atoms with Crippen molar-refractivity contribution in [1.29, 1.82) is 0 Å². The van der Waals surface area contributed by atoms with Gasteiger partial charge in [-0.3, -0.25) is 14.4 Å². The predicted molar refractivity (Wildman–Crippen MR) is 110 cm³/mol. The second-order valence-corrected chi connectivity index (χ2v) is 7.80. The summed E-state index contributed by atoms with van der Waals surface area (Å²) in [4.78, 5) is 37.6. The minimum Gasteiger partial charge on any atom is -0.355 e. The molecule has 1 aliphatic heterocycles. The number of rotatable bonds is 6. The molecule has 5 nitrogen and oxygen atoms in total. The summed E-state index contributed by atoms with van der Waals surface area (Å²) in [7, 11) is 0. The molecule has 2 amide bonds. The maximum atomic E-state index is 13.3. The van der Waals surface area contributed by atoms with Gasteiger partial charge in [-0.25, -0.2) is 0 Å². The van der Waals surface area contributed by atoms with Gasteiger partial charge >= 0.3 is 6.18 Å². The number of alkyl halides is 3. The summed E-state index contributed by atoms with van der Waals surface area (Å²) in [5.74, 6) is -4.22. The minimum absolute atomic E-state index is 0.218. The Bertz CT molecular complexity index is 1030. The van der Waals surface area contributed by atoms with Crippen LogP contribution in [0.25, 0.3) is 0 Å². The molecule has 1 heterocycles. The van der Waals surface area contributed by atoms with E-state index in [9.17, 15) is 27.6 Å². The smallest absolute Gasteiger partial charge is 0.355 e. The van der Waals surface area contributed by atoms with Crippen LogP contribution in [0, 0.1) is 5.92 Å². The van der Waals surface area contributed by atoms with Crippen LogP contribution in [0.3, 0.4) is 0 Å². The molecule has 3 rings (SSSR count). The lowest BCUT2D eigenvalue weighted by molar-refractivity contribution is -0.140. The Morgan fingerprint density at radius 2 is 1.81 bits per heavy atom. The number of carbonyl (C=O) groups is 3. The van der Waals surface area contributed by atoms with Crippen LogP contribution in [-0.4, -0.2) is 30.7 Å². The molecule has 0 bridgehead atoms. The molecule has 1 N–H and O–H groups in total. The molecule has 2 aromatic carbocycles. The van der Waals surface area contributed by atoms with Gasteiger partial charge in [-0.1, -0.05) is 41.4 Å². The molecular formula is C21H17Cl2F3N2O3. The van der Waals surface area contributed by atoms with Crippen LogP contribution in [0.4, 0.5) is 18.9 Å². The number of amides is 2. The summed E-state index contributed by atoms with van der Waals surface area (Å²) >= 11 is 11.8. The summed E-state index contributed by atoms with van der Waals surface area (Å²) in [6.07, 6.45) is -3.59. The topological polar surface area (TPSA) is 66.5 Å². The van der Waals surface area contributed by atoms with Gasteiger partial charge in [-0.15, -0.1) is 0 Å². The largest absolute Gasteiger partial charge is 0.418 e. The summed E-state index contributed by atoms with van der Waals surface area (Å²) in [5, 5.41) is 3.41. The number of ketones is 1. The fourth-order valence-corrected chi connectivity index (χ4v) is 3.63. The average molecular weight is 473 g/mol. The highest BCUT2D eigenvalue weighted by Gasteiger charge is 2.46. The molecule has 1 aliphatic rings. The normalized spacial score (nSPS) is 16.7. The second-order valence-electron chi connectivity index (χ2n) is 6.99. The van der Waals surface area contributed by atoms with Crippen molar-refractivity contribution in [2.45, 2.75) is 19.0 Å². The van der Waals surface area contributed by atoms with E-state index >= 15 is 0 Å². The van der Waals surface area contributed by atoms with Crippen molar-refractivity contribution in [2.24, 2.45) is 5.92 Å². The van der Waals surface area contributed by atoms with Gasteiger partial charge in [0.1, 0.15) is 5.92 Å². The molecule has 31 heavy (non-hydrogen) atoms. The van der Waals surface area contributed by atoms with Gasteiger partial charge in [-0.05, 0) is 42.7 Å². The Kier molecular flexibility index (Phi) is 6.91. The zero-order chi connectivity index (χ0) is 22.8. The minimum atomic E-state index is -4.70. The third-order valence-corrected chi connectivity index (χ3v) is 5.62. The van der Waals surface area contributed by atoms with Gasteiger partial charge in [-0.2, -0.15) is 13.2 Å². The number of aryl methyl sites for hydroxylation is 1. The third-order valence-electron chi connectivity index (χ3n) is 4.88. The third kappa shape index (κ3) is 5.19. The Balaban J connectivity index is 1.61. The van der Waals surface area contributed by atoms with E-state index in [0.29, 0.717) is 27.8 Å². The number of anilines is 1. The molecule has 1 unspecified atom stereocenters. The van der Waals surface area contributed by atoms with E-state index in [4.69, 9.17) is 23.2 Å². The highest BCUT2D eigenvalue weighted by atomic mass is 35.5. The average Bonchev–Trinajstić information content (AvgIpc) is 3.02. The van der Waals surface area contributed by atoms with Crippen molar-refractivity contribution in [1.82, 2.24) is 5.32 Å². The molecule has 0 aromatic heterocycles. The Hall–Kier alpha value is -2.58. The van der Waals surface area contributed by atoms with Crippen LogP contribution in [0.15, 0.2) is 42.5 Å². The van der Waals surface area contributed by atoms with Crippen molar-refractivity contribution in [3.8, 4) is 0 Å². The van der Waals surface area contributed by atoms with Crippen LogP contribution >= 0.6 is 23.2 Å². The van der Waals surface area contributed by atoms with Gasteiger partial charge in [0.05, 0.1) is 21.3 Å². The number of nitrogens with one attached hydrogen (secondary N) is 1. The lowest BCUT2D eigenvalue weighted by Crippen LogP contribution is -2.36. The lowest BCUT2D eigenvalue weighted by atomic mass is 10.1. The monoisotopic (exact) mass is 472 g/mol. The number of benzene rings is 2. The summed E-state index contributed by atoms with van der Waals surface area (Å²) in [5.41, 5.74) is -0.576. The van der Waals surface area contributed by atoms with Crippen LogP contribution < -0.4 is 10.2 Å². The van der Waals surface area contributed by atoms with Crippen molar-refractivity contribution >= 4 is 46.5 Å². The predicted octanol–water partition coefficient (Wildman–Crippen LogP) is 4.29. The Morgan fingerprint density at radius 1 is 1.10 bits per heavy atom. The quantitative estimate of drug-likeness (QED) is 0.387. The van der Waals surface area contributed by atoms with Crippen molar-refractivity contribution in [2.75, 3.05) is 18.0 Å². The number of Topliss-reactive ketones (excluding diaryl/α,β-unsaturated/α-hetero) is 1. The lowest BCUT2D eigenvalue weighted by Gasteiger charge is -2.20. The van der Waals surface area contributed by atoms with Crippen molar-refractivity contribution < 1.29 is 27.6 Å². The fourth-order valence-electron chi connectivity index (χ4n) is 3.31. The number of para-hydroxylation sites is 1. The first-order valence-corrected chi connectivity index (χ1v) is 10.1. The van der Waals surface area contributed by atoms with Gasteiger partial charge < -0.3 is 10.2 Å². The SMILES string of the molecule is O=C(NCCCc1ccc(Cl)c(Cl)c1)C1CN(c2ccccc2C(F)(F)F)C(=O)C1=O. The highest BCUT2D eigenvalue weighted by Crippen LogP contribution is 2.38. The van der Waals surface area contributed by atoms with Gasteiger partial charge in [0.2, 0.25) is 11.7 Å². The highest BCUT2D eigenvalue weighted by molar-refractivity contribution is 6.47. The first-order chi connectivity index (χ1) is 14.6. The van der Waals surface area contributed by atoms with Crippen molar-refractivity contribution in [3.63, 3.8) is 0 Å². The second kappa shape index (κ2) is 9.28. The fraction of sp³-hybridized carbons (Fsp3) is 0.286. The molecule has 164 valence electrons. The zero-order valence-electron chi connectivity index (χ0n) is 16.0. The maximum absolute atomic E-state index is 13.3. The number of carbonyl (C=O) groups excluding carboxylic acids is 3. The van der Waals surface area contributed by atoms with E-state index in [1.165, 1.54) is 12.1 Å². The van der Waals surface area contributed by atoms with Gasteiger partial charge in [0.15, 0.2) is 0 Å². The van der Waals surface area contributed by atoms with Crippen LogP contribution in [0.5, 0.6) is 0 Å². The molecule has 1 saturated heterocycles. The molecule has 0 radical (unpaired) electrons. The van der Waals surface area contributed by atoms with E-state index in [1.807, 2.05) is 0 Å². The molecule has 0 spiro atoms. The molecule has 10 heteroatoms. The molecular weight excluding hydrogens is 456 g/mol. The van der Waals surface area contributed by atoms with Gasteiger partial charge in [0.25, 0.3) is 5.91 Å². The molecule has 0 saturated carbocycles.